The third-order valence-electron chi connectivity index (χ3n) is 9.44. The first-order valence-corrected chi connectivity index (χ1v) is 19.7. The van der Waals surface area contributed by atoms with Gasteiger partial charge in [-0.15, -0.1) is 0 Å². The molecule has 0 fully saturated rings. The van der Waals surface area contributed by atoms with Crippen LogP contribution in [0.25, 0.3) is 0 Å². The molecule has 0 amide bonds. The number of hydrogen-bond acceptors (Lipinski definition) is 6. The van der Waals surface area contributed by atoms with Gasteiger partial charge in [0.05, 0.1) is 13.2 Å². The van der Waals surface area contributed by atoms with E-state index < -0.39 is 0 Å². The summed E-state index contributed by atoms with van der Waals surface area (Å²) in [4.78, 5) is 26.7. The first kappa shape index (κ1) is 43.9. The molecule has 0 radical (unpaired) electrons. The van der Waals surface area contributed by atoms with Gasteiger partial charge in [0.25, 0.3) is 0 Å². The van der Waals surface area contributed by atoms with E-state index >= 15 is 0 Å². The highest BCUT2D eigenvalue weighted by molar-refractivity contribution is 5.69. The average Bonchev–Trinajstić information content (AvgIpc) is 3.05. The molecular formula is C39H78N2O4. The van der Waals surface area contributed by atoms with Crippen molar-refractivity contribution in [2.24, 2.45) is 11.8 Å². The number of unbranched alkanes of at least 4 members (excludes halogenated alkanes) is 14. The van der Waals surface area contributed by atoms with Crippen LogP contribution in [0.1, 0.15) is 182 Å². The normalized spacial score (nSPS) is 12.8. The van der Waals surface area contributed by atoms with E-state index in [0.29, 0.717) is 37.9 Å². The number of carbonyl (C=O) groups is 2. The van der Waals surface area contributed by atoms with E-state index in [2.05, 4.69) is 37.9 Å². The topological polar surface area (TPSA) is 67.9 Å². The molecule has 0 aliphatic carbocycles. The molecule has 0 saturated heterocycles. The van der Waals surface area contributed by atoms with Crippen LogP contribution >= 0.6 is 0 Å². The standard InChI is InChI=1S/C39H78N2O4/c1-6-10-26-36(8-3)34-44-38(42)28-22-18-14-12-16-20-24-31-41(33-30-40-5)32-25-21-17-13-15-19-23-29-39(43)45-35-37(9-4)27-11-7-2/h36-37,40H,6-35H2,1-5H3. The maximum absolute atomic E-state index is 12.1. The van der Waals surface area contributed by atoms with E-state index in [4.69, 9.17) is 9.47 Å². The van der Waals surface area contributed by atoms with Gasteiger partial charge >= 0.3 is 11.9 Å². The largest absolute Gasteiger partial charge is 0.465 e. The van der Waals surface area contributed by atoms with E-state index in [-0.39, 0.29) is 11.9 Å². The Balaban J connectivity index is 3.75. The Hall–Kier alpha value is -1.14. The molecule has 0 spiro atoms. The highest BCUT2D eigenvalue weighted by Crippen LogP contribution is 2.16. The van der Waals surface area contributed by atoms with E-state index in [9.17, 15) is 9.59 Å². The fourth-order valence-corrected chi connectivity index (χ4v) is 5.94. The van der Waals surface area contributed by atoms with E-state index in [1.807, 2.05) is 7.05 Å². The lowest BCUT2D eigenvalue weighted by Gasteiger charge is -2.22. The molecule has 6 heteroatoms. The van der Waals surface area contributed by atoms with Crippen LogP contribution in [0, 0.1) is 11.8 Å². The van der Waals surface area contributed by atoms with Gasteiger partial charge in [0.15, 0.2) is 0 Å². The summed E-state index contributed by atoms with van der Waals surface area (Å²) in [5.74, 6) is 1.07. The van der Waals surface area contributed by atoms with E-state index in [1.165, 1.54) is 116 Å². The maximum atomic E-state index is 12.1. The number of nitrogens with zero attached hydrogens (tertiary/aromatic N) is 1. The number of carbonyl (C=O) groups excluding carboxylic acids is 2. The fraction of sp³-hybridized carbons (Fsp3) is 0.949. The summed E-state index contributed by atoms with van der Waals surface area (Å²) in [7, 11) is 2.04. The van der Waals surface area contributed by atoms with Gasteiger partial charge in [0.2, 0.25) is 0 Å². The number of esters is 2. The van der Waals surface area contributed by atoms with Gasteiger partial charge in [-0.1, -0.05) is 130 Å². The predicted octanol–water partition coefficient (Wildman–Crippen LogP) is 10.3. The Morgan fingerprint density at radius 2 is 0.911 bits per heavy atom. The smallest absolute Gasteiger partial charge is 0.305 e. The van der Waals surface area contributed by atoms with Gasteiger partial charge in [-0.25, -0.2) is 0 Å². The van der Waals surface area contributed by atoms with Crippen LogP contribution in [0.3, 0.4) is 0 Å². The zero-order valence-corrected chi connectivity index (χ0v) is 30.9. The molecule has 0 rings (SSSR count). The minimum Gasteiger partial charge on any atom is -0.465 e. The van der Waals surface area contributed by atoms with Crippen molar-refractivity contribution in [3.63, 3.8) is 0 Å². The van der Waals surface area contributed by atoms with Crippen molar-refractivity contribution in [1.29, 1.82) is 0 Å². The predicted molar refractivity (Wildman–Crippen MR) is 193 cm³/mol. The Morgan fingerprint density at radius 1 is 0.533 bits per heavy atom. The van der Waals surface area contributed by atoms with Gasteiger partial charge in [-0.2, -0.15) is 0 Å². The van der Waals surface area contributed by atoms with Gasteiger partial charge in [0, 0.05) is 25.9 Å². The second kappa shape index (κ2) is 34.2. The van der Waals surface area contributed by atoms with Crippen molar-refractivity contribution in [3.8, 4) is 0 Å². The van der Waals surface area contributed by atoms with E-state index in [1.54, 1.807) is 0 Å². The molecular weight excluding hydrogens is 560 g/mol. The van der Waals surface area contributed by atoms with Crippen molar-refractivity contribution in [1.82, 2.24) is 10.2 Å². The second-order valence-corrected chi connectivity index (χ2v) is 13.6. The van der Waals surface area contributed by atoms with Crippen molar-refractivity contribution in [3.05, 3.63) is 0 Å². The maximum Gasteiger partial charge on any atom is 0.305 e. The number of nitrogens with one attached hydrogen (secondary N) is 1. The van der Waals surface area contributed by atoms with Gasteiger partial charge < -0.3 is 19.7 Å². The summed E-state index contributed by atoms with van der Waals surface area (Å²) in [5, 5.41) is 3.32. The Morgan fingerprint density at radius 3 is 1.27 bits per heavy atom. The first-order chi connectivity index (χ1) is 22.0. The minimum atomic E-state index is -0.000936. The lowest BCUT2D eigenvalue weighted by Crippen LogP contribution is -2.32. The molecule has 0 aromatic heterocycles. The average molecular weight is 639 g/mol. The molecule has 0 bridgehead atoms. The third kappa shape index (κ3) is 30.0. The summed E-state index contributed by atoms with van der Waals surface area (Å²) in [6, 6.07) is 0. The van der Waals surface area contributed by atoms with E-state index in [0.717, 1.165) is 51.6 Å². The molecule has 1 N–H and O–H groups in total. The summed E-state index contributed by atoms with van der Waals surface area (Å²) in [5.41, 5.74) is 0. The zero-order chi connectivity index (χ0) is 33.2. The molecule has 268 valence electrons. The lowest BCUT2D eigenvalue weighted by atomic mass is 10.0. The highest BCUT2D eigenvalue weighted by Gasteiger charge is 2.11. The zero-order valence-electron chi connectivity index (χ0n) is 30.9. The van der Waals surface area contributed by atoms with Gasteiger partial charge in [-0.3, -0.25) is 9.59 Å². The highest BCUT2D eigenvalue weighted by atomic mass is 16.5. The van der Waals surface area contributed by atoms with Crippen LogP contribution in [0.15, 0.2) is 0 Å². The molecule has 0 aromatic carbocycles. The molecule has 2 unspecified atom stereocenters. The molecule has 0 heterocycles. The summed E-state index contributed by atoms with van der Waals surface area (Å²) in [6.45, 7) is 14.6. The Bertz CT molecular complexity index is 595. The monoisotopic (exact) mass is 639 g/mol. The van der Waals surface area contributed by atoms with Crippen molar-refractivity contribution in [2.75, 3.05) is 46.4 Å². The van der Waals surface area contributed by atoms with Gasteiger partial charge in [0.1, 0.15) is 0 Å². The SMILES string of the molecule is CCCCC(CC)COC(=O)CCCCCCCCCN(CCCCCCCCCC(=O)OCC(CC)CCCC)CCNC. The first-order valence-electron chi connectivity index (χ1n) is 19.7. The van der Waals surface area contributed by atoms with Crippen molar-refractivity contribution >= 4 is 11.9 Å². The summed E-state index contributed by atoms with van der Waals surface area (Å²) < 4.78 is 11.1. The number of likely N-dealkylation sites (N-methyl/N-ethyl adjacent to an activating group) is 1. The second-order valence-electron chi connectivity index (χ2n) is 13.6. The fourth-order valence-electron chi connectivity index (χ4n) is 5.94. The molecule has 45 heavy (non-hydrogen) atoms. The minimum absolute atomic E-state index is 0.000936. The van der Waals surface area contributed by atoms with Crippen LogP contribution in [0.5, 0.6) is 0 Å². The number of rotatable bonds is 35. The van der Waals surface area contributed by atoms with Crippen LogP contribution < -0.4 is 5.32 Å². The molecule has 6 nitrogen and oxygen atoms in total. The molecule has 2 atom stereocenters. The number of ether oxygens (including phenoxy) is 2. The van der Waals surface area contributed by atoms with Crippen LogP contribution in [-0.2, 0) is 19.1 Å². The van der Waals surface area contributed by atoms with Crippen molar-refractivity contribution < 1.29 is 19.1 Å². The van der Waals surface area contributed by atoms with Gasteiger partial charge in [-0.05, 0) is 70.5 Å². The molecule has 0 aromatic rings. The summed E-state index contributed by atoms with van der Waals surface area (Å²) in [6.07, 6.45) is 27.6. The lowest BCUT2D eigenvalue weighted by molar-refractivity contribution is -0.146. The Kier molecular flexibility index (Phi) is 33.3. The number of hydrogen-bond donors (Lipinski definition) is 1. The molecule has 0 aliphatic rings. The third-order valence-corrected chi connectivity index (χ3v) is 9.44. The quantitative estimate of drug-likeness (QED) is 0.0550. The Labute approximate surface area is 280 Å². The summed E-state index contributed by atoms with van der Waals surface area (Å²) >= 11 is 0. The van der Waals surface area contributed by atoms with Crippen LogP contribution in [0.2, 0.25) is 0 Å². The molecule has 0 saturated carbocycles. The van der Waals surface area contributed by atoms with Crippen LogP contribution in [0.4, 0.5) is 0 Å². The van der Waals surface area contributed by atoms with Crippen molar-refractivity contribution in [2.45, 2.75) is 182 Å². The van der Waals surface area contributed by atoms with Crippen LogP contribution in [-0.4, -0.2) is 63.3 Å². The molecule has 0 aliphatic heterocycles.